The minimum absolute atomic E-state index is 0.00579. The zero-order valence-electron chi connectivity index (χ0n) is 6.22. The molecule has 0 aliphatic carbocycles. The second-order valence-corrected chi connectivity index (χ2v) is 3.29. The van der Waals surface area contributed by atoms with E-state index < -0.39 is 0 Å². The Morgan fingerprint density at radius 2 is 2.36 bits per heavy atom. The van der Waals surface area contributed by atoms with E-state index in [1.807, 2.05) is 6.26 Å². The predicted molar refractivity (Wildman–Crippen MR) is 43.5 cm³/mol. The highest BCUT2D eigenvalue weighted by Gasteiger charge is 2.22. The van der Waals surface area contributed by atoms with Crippen LogP contribution in [-0.4, -0.2) is 30.0 Å². The van der Waals surface area contributed by atoms with Crippen LogP contribution in [0.5, 0.6) is 0 Å². The second kappa shape index (κ2) is 3.61. The van der Waals surface area contributed by atoms with Crippen LogP contribution in [0.15, 0.2) is 0 Å². The molecule has 62 valence electrons. The largest absolute Gasteiger partial charge is 0.334 e. The van der Waals surface area contributed by atoms with Gasteiger partial charge in [-0.1, -0.05) is 0 Å². The Morgan fingerprint density at radius 3 is 2.91 bits per heavy atom. The monoisotopic (exact) mass is 174 g/mol. The van der Waals surface area contributed by atoms with Gasteiger partial charge >= 0.3 is 6.03 Å². The van der Waals surface area contributed by atoms with Crippen LogP contribution in [-0.2, 0) is 4.79 Å². The van der Waals surface area contributed by atoms with E-state index >= 15 is 0 Å². The highest BCUT2D eigenvalue weighted by molar-refractivity contribution is 7.98. The average molecular weight is 174 g/mol. The Kier molecular flexibility index (Phi) is 2.76. The van der Waals surface area contributed by atoms with Crippen molar-refractivity contribution in [3.05, 3.63) is 0 Å². The standard InChI is InChI=1S/C6H10N2O2S/c1-11-3-4-2-5(9)8-6(10)7-4/h4H,2-3H2,1H3,(H2,7,8,9,10). The fraction of sp³-hybridized carbons (Fsp3) is 0.667. The Hall–Kier alpha value is -0.710. The van der Waals surface area contributed by atoms with Gasteiger partial charge in [0.15, 0.2) is 0 Å². The van der Waals surface area contributed by atoms with Gasteiger partial charge in [0.25, 0.3) is 0 Å². The van der Waals surface area contributed by atoms with E-state index in [1.165, 1.54) is 0 Å². The molecular weight excluding hydrogens is 164 g/mol. The first-order valence-electron chi connectivity index (χ1n) is 3.31. The van der Waals surface area contributed by atoms with Crippen LogP contribution in [0.2, 0.25) is 0 Å². The normalized spacial score (nSPS) is 24.3. The molecule has 11 heavy (non-hydrogen) atoms. The van der Waals surface area contributed by atoms with E-state index in [2.05, 4.69) is 10.6 Å². The molecular formula is C6H10N2O2S. The molecule has 0 radical (unpaired) electrons. The van der Waals surface area contributed by atoms with Crippen LogP contribution < -0.4 is 10.6 Å². The highest BCUT2D eigenvalue weighted by atomic mass is 32.2. The molecule has 3 amide bonds. The van der Waals surface area contributed by atoms with E-state index in [4.69, 9.17) is 0 Å². The van der Waals surface area contributed by atoms with Crippen LogP contribution in [0.4, 0.5) is 4.79 Å². The molecule has 1 atom stereocenters. The lowest BCUT2D eigenvalue weighted by Gasteiger charge is -2.21. The third-order valence-corrected chi connectivity index (χ3v) is 2.12. The van der Waals surface area contributed by atoms with Gasteiger partial charge in [0.2, 0.25) is 5.91 Å². The summed E-state index contributed by atoms with van der Waals surface area (Å²) in [7, 11) is 0. The van der Waals surface area contributed by atoms with Gasteiger partial charge < -0.3 is 5.32 Å². The van der Waals surface area contributed by atoms with Crippen molar-refractivity contribution in [3.63, 3.8) is 0 Å². The minimum Gasteiger partial charge on any atom is -0.334 e. The van der Waals surface area contributed by atoms with Crippen molar-refractivity contribution in [3.8, 4) is 0 Å². The molecule has 1 saturated heterocycles. The van der Waals surface area contributed by atoms with Crippen LogP contribution in [0.3, 0.4) is 0 Å². The molecule has 0 saturated carbocycles. The Balaban J connectivity index is 2.43. The molecule has 0 spiro atoms. The molecule has 1 heterocycles. The maximum Gasteiger partial charge on any atom is 0.321 e. The first kappa shape index (κ1) is 8.39. The number of urea groups is 1. The predicted octanol–water partition coefficient (Wildman–Crippen LogP) is -0.0525. The third kappa shape index (κ3) is 2.42. The van der Waals surface area contributed by atoms with Gasteiger partial charge in [-0.15, -0.1) is 0 Å². The molecule has 0 aromatic heterocycles. The molecule has 0 bridgehead atoms. The summed E-state index contributed by atoms with van der Waals surface area (Å²) in [6.45, 7) is 0. The fourth-order valence-corrected chi connectivity index (χ4v) is 1.58. The number of rotatable bonds is 2. The number of amides is 3. The number of hydrogen-bond acceptors (Lipinski definition) is 3. The van der Waals surface area contributed by atoms with E-state index in [1.54, 1.807) is 11.8 Å². The van der Waals surface area contributed by atoms with E-state index in [9.17, 15) is 9.59 Å². The van der Waals surface area contributed by atoms with E-state index in [0.29, 0.717) is 6.42 Å². The van der Waals surface area contributed by atoms with Crippen LogP contribution in [0.25, 0.3) is 0 Å². The van der Waals surface area contributed by atoms with Crippen molar-refractivity contribution in [2.75, 3.05) is 12.0 Å². The number of hydrogen-bond donors (Lipinski definition) is 2. The molecule has 1 unspecified atom stereocenters. The molecule has 0 aromatic rings. The van der Waals surface area contributed by atoms with Gasteiger partial charge in [-0.3, -0.25) is 10.1 Å². The smallest absolute Gasteiger partial charge is 0.321 e. The summed E-state index contributed by atoms with van der Waals surface area (Å²) < 4.78 is 0. The SMILES string of the molecule is CSCC1CC(=O)NC(=O)N1. The summed E-state index contributed by atoms with van der Waals surface area (Å²) in [5.74, 6) is 0.604. The number of imide groups is 1. The molecule has 1 rings (SSSR count). The van der Waals surface area contributed by atoms with Gasteiger partial charge in [0, 0.05) is 18.2 Å². The maximum atomic E-state index is 10.8. The first-order valence-corrected chi connectivity index (χ1v) is 4.71. The lowest BCUT2D eigenvalue weighted by molar-refractivity contribution is -0.121. The molecule has 5 heteroatoms. The number of carbonyl (C=O) groups is 2. The zero-order valence-corrected chi connectivity index (χ0v) is 7.03. The molecule has 1 aliphatic heterocycles. The zero-order chi connectivity index (χ0) is 8.27. The molecule has 1 fully saturated rings. The quantitative estimate of drug-likeness (QED) is 0.617. The summed E-state index contributed by atoms with van der Waals surface area (Å²) in [6, 6.07) is -0.369. The molecule has 4 nitrogen and oxygen atoms in total. The van der Waals surface area contributed by atoms with Crippen molar-refractivity contribution < 1.29 is 9.59 Å². The lowest BCUT2D eigenvalue weighted by Crippen LogP contribution is -2.53. The van der Waals surface area contributed by atoms with Crippen LogP contribution in [0.1, 0.15) is 6.42 Å². The molecule has 2 N–H and O–H groups in total. The van der Waals surface area contributed by atoms with Crippen molar-refractivity contribution >= 4 is 23.7 Å². The summed E-state index contributed by atoms with van der Waals surface area (Å²) >= 11 is 1.62. The summed E-state index contributed by atoms with van der Waals surface area (Å²) in [4.78, 5) is 21.5. The van der Waals surface area contributed by atoms with Gasteiger partial charge in [-0.2, -0.15) is 11.8 Å². The molecule has 1 aliphatic rings. The summed E-state index contributed by atoms with van der Waals surface area (Å²) in [5.41, 5.74) is 0. The van der Waals surface area contributed by atoms with Gasteiger partial charge in [-0.25, -0.2) is 4.79 Å². The van der Waals surface area contributed by atoms with Gasteiger partial charge in [0.1, 0.15) is 0 Å². The average Bonchev–Trinajstić information content (AvgIpc) is 1.85. The lowest BCUT2D eigenvalue weighted by atomic mass is 10.2. The van der Waals surface area contributed by atoms with Crippen molar-refractivity contribution in [1.29, 1.82) is 0 Å². The Labute approximate surface area is 69.1 Å². The summed E-state index contributed by atoms with van der Waals surface area (Å²) in [5, 5.41) is 4.83. The maximum absolute atomic E-state index is 10.8. The highest BCUT2D eigenvalue weighted by Crippen LogP contribution is 2.04. The third-order valence-electron chi connectivity index (χ3n) is 1.39. The van der Waals surface area contributed by atoms with Gasteiger partial charge in [-0.05, 0) is 6.26 Å². The second-order valence-electron chi connectivity index (χ2n) is 2.38. The van der Waals surface area contributed by atoms with E-state index in [0.717, 1.165) is 5.75 Å². The first-order chi connectivity index (χ1) is 5.22. The Morgan fingerprint density at radius 1 is 1.64 bits per heavy atom. The van der Waals surface area contributed by atoms with Crippen LogP contribution in [0, 0.1) is 0 Å². The van der Waals surface area contributed by atoms with Crippen molar-refractivity contribution in [2.24, 2.45) is 0 Å². The molecule has 0 aromatic carbocycles. The fourth-order valence-electron chi connectivity index (χ4n) is 0.976. The van der Waals surface area contributed by atoms with E-state index in [-0.39, 0.29) is 18.0 Å². The van der Waals surface area contributed by atoms with Crippen LogP contribution >= 0.6 is 11.8 Å². The number of nitrogens with one attached hydrogen (secondary N) is 2. The van der Waals surface area contributed by atoms with Gasteiger partial charge in [0.05, 0.1) is 0 Å². The topological polar surface area (TPSA) is 58.2 Å². The number of thioether (sulfide) groups is 1. The minimum atomic E-state index is -0.375. The summed E-state index contributed by atoms with van der Waals surface area (Å²) in [6.07, 6.45) is 2.34. The number of carbonyl (C=O) groups excluding carboxylic acids is 2. The van der Waals surface area contributed by atoms with Crippen molar-refractivity contribution in [2.45, 2.75) is 12.5 Å². The van der Waals surface area contributed by atoms with Crippen molar-refractivity contribution in [1.82, 2.24) is 10.6 Å². The Bertz CT molecular complexity index is 167.